The summed E-state index contributed by atoms with van der Waals surface area (Å²) < 4.78 is 0. The molecule has 6 aromatic carbocycles. The maximum absolute atomic E-state index is 12.1. The van der Waals surface area contributed by atoms with Crippen molar-refractivity contribution in [2.24, 2.45) is 11.8 Å². The van der Waals surface area contributed by atoms with Gasteiger partial charge in [0.2, 0.25) is 0 Å². The van der Waals surface area contributed by atoms with Crippen LogP contribution in [0.15, 0.2) is 109 Å². The van der Waals surface area contributed by atoms with E-state index in [9.17, 15) is 9.59 Å². The fourth-order valence-electron chi connectivity index (χ4n) is 5.04. The van der Waals surface area contributed by atoms with Gasteiger partial charge in [-0.2, -0.15) is 0 Å². The van der Waals surface area contributed by atoms with Gasteiger partial charge in [-0.1, -0.05) is 137 Å². The molecule has 2 unspecified atom stereocenters. The molecule has 0 aromatic heterocycles. The summed E-state index contributed by atoms with van der Waals surface area (Å²) in [6, 6.07) is 34.5. The van der Waals surface area contributed by atoms with Crippen molar-refractivity contribution in [1.29, 1.82) is 0 Å². The normalized spacial score (nSPS) is 12.4. The number of hydrogen-bond donors (Lipinski definition) is 0. The molecule has 6 nitrogen and oxygen atoms in total. The van der Waals surface area contributed by atoms with E-state index >= 15 is 0 Å². The second kappa shape index (κ2) is 14.7. The van der Waals surface area contributed by atoms with E-state index in [0.717, 1.165) is 32.3 Å². The molecule has 2 amide bonds. The Labute approximate surface area is 275 Å². The number of benzene rings is 6. The second-order valence-corrected chi connectivity index (χ2v) is 11.7. The van der Waals surface area contributed by atoms with Crippen LogP contribution in [0.25, 0.3) is 65.2 Å². The molecular formula is C38H36CuN4O2-4. The number of carbonyl (C=O) groups is 2. The summed E-state index contributed by atoms with van der Waals surface area (Å²) in [7, 11) is 0. The molecule has 1 radical (unpaired) electrons. The van der Waals surface area contributed by atoms with Crippen LogP contribution in [0.4, 0.5) is 11.4 Å². The molecule has 6 rings (SSSR count). The van der Waals surface area contributed by atoms with Crippen molar-refractivity contribution in [2.45, 2.75) is 39.8 Å². The minimum absolute atomic E-state index is 0. The number of rotatable bonds is 6. The third kappa shape index (κ3) is 7.70. The molecule has 6 aromatic rings. The standard InChI is InChI=1S/2C19H19N2O.Cu/c2*1-12(2)18(20)19(22)21-17-9-5-8-15-10-13-6-3-4-7-14(13)11-16(15)17;/h2*3-12,18,20H,1-2H3,(H,21,22);/q2*-1;/p-2. The van der Waals surface area contributed by atoms with Gasteiger partial charge in [-0.25, -0.2) is 0 Å². The quantitative estimate of drug-likeness (QED) is 0.133. The van der Waals surface area contributed by atoms with Crippen molar-refractivity contribution >= 4 is 66.3 Å². The average Bonchev–Trinajstić information content (AvgIpc) is 3.02. The molecule has 2 atom stereocenters. The van der Waals surface area contributed by atoms with E-state index in [1.54, 1.807) is 0 Å². The van der Waals surface area contributed by atoms with Crippen molar-refractivity contribution < 1.29 is 26.7 Å². The Bertz CT molecular complexity index is 1830. The average molecular weight is 644 g/mol. The number of amides is 2. The Kier molecular flexibility index (Phi) is 11.0. The van der Waals surface area contributed by atoms with E-state index < -0.39 is 12.1 Å². The first-order chi connectivity index (χ1) is 21.1. The van der Waals surface area contributed by atoms with E-state index in [-0.39, 0.29) is 40.7 Å². The van der Waals surface area contributed by atoms with Crippen molar-refractivity contribution in [3.8, 4) is 0 Å². The van der Waals surface area contributed by atoms with Crippen LogP contribution in [0.5, 0.6) is 0 Å². The third-order valence-electron chi connectivity index (χ3n) is 7.77. The van der Waals surface area contributed by atoms with Crippen molar-refractivity contribution in [3.63, 3.8) is 0 Å². The molecule has 7 heteroatoms. The van der Waals surface area contributed by atoms with E-state index in [1.165, 1.54) is 10.8 Å². The second-order valence-electron chi connectivity index (χ2n) is 11.7. The monoisotopic (exact) mass is 643 g/mol. The summed E-state index contributed by atoms with van der Waals surface area (Å²) in [4.78, 5) is 24.2. The molecule has 0 saturated carbocycles. The van der Waals surface area contributed by atoms with Gasteiger partial charge in [0.25, 0.3) is 0 Å². The Hall–Kier alpha value is -4.26. The zero-order valence-corrected chi connectivity index (χ0v) is 26.7. The topological polar surface area (TPSA) is 110 Å². The van der Waals surface area contributed by atoms with Gasteiger partial charge in [-0.15, -0.1) is 11.4 Å². The third-order valence-corrected chi connectivity index (χ3v) is 7.77. The number of nitrogens with zero attached hydrogens (tertiary/aromatic N) is 2. The Morgan fingerprint density at radius 1 is 0.489 bits per heavy atom. The molecule has 2 N–H and O–H groups in total. The SMILES string of the molecule is CC(C)C([NH-])C(=O)[N-]c1cccc2cc3ccccc3cc12.CC(C)C([NH-])C(=O)[N-]c1cccc2cc3ccccc3cc12.[Cu]. The van der Waals surface area contributed by atoms with E-state index in [4.69, 9.17) is 11.5 Å². The van der Waals surface area contributed by atoms with Crippen LogP contribution in [-0.2, 0) is 26.7 Å². The van der Waals surface area contributed by atoms with Crippen molar-refractivity contribution in [2.75, 3.05) is 0 Å². The molecule has 0 aliphatic carbocycles. The van der Waals surface area contributed by atoms with Gasteiger partial charge in [0.1, 0.15) is 0 Å². The first-order valence-electron chi connectivity index (χ1n) is 14.9. The van der Waals surface area contributed by atoms with E-state index in [2.05, 4.69) is 59.2 Å². The Morgan fingerprint density at radius 3 is 1.13 bits per heavy atom. The van der Waals surface area contributed by atoms with Gasteiger partial charge >= 0.3 is 0 Å². The fourth-order valence-corrected chi connectivity index (χ4v) is 5.04. The predicted octanol–water partition coefficient (Wildman–Crippen LogP) is 11.2. The maximum Gasteiger partial charge on any atom is 0.0368 e. The van der Waals surface area contributed by atoms with Crippen LogP contribution in [0.3, 0.4) is 0 Å². The van der Waals surface area contributed by atoms with Gasteiger partial charge in [-0.3, -0.25) is 0 Å². The van der Waals surface area contributed by atoms with Gasteiger partial charge in [0, 0.05) is 28.9 Å². The molecular weight excluding hydrogens is 608 g/mol. The number of nitrogens with one attached hydrogen (secondary N) is 2. The van der Waals surface area contributed by atoms with Crippen LogP contribution >= 0.6 is 0 Å². The number of fused-ring (bicyclic) bond motifs is 4. The summed E-state index contributed by atoms with van der Waals surface area (Å²) in [6.45, 7) is 7.45. The first-order valence-corrected chi connectivity index (χ1v) is 14.9. The molecule has 0 aliphatic rings. The van der Waals surface area contributed by atoms with Crippen molar-refractivity contribution in [3.05, 3.63) is 131 Å². The number of carbonyl (C=O) groups excluding carboxylic acids is 2. The van der Waals surface area contributed by atoms with Gasteiger partial charge < -0.3 is 31.7 Å². The van der Waals surface area contributed by atoms with E-state index in [0.29, 0.717) is 11.4 Å². The molecule has 45 heavy (non-hydrogen) atoms. The van der Waals surface area contributed by atoms with Crippen LogP contribution < -0.4 is 0 Å². The number of hydrogen-bond acceptors (Lipinski definition) is 2. The Morgan fingerprint density at radius 2 is 0.800 bits per heavy atom. The minimum Gasteiger partial charge on any atom is -0.670 e. The molecule has 0 saturated heterocycles. The Balaban J connectivity index is 0.000000200. The summed E-state index contributed by atoms with van der Waals surface area (Å²) >= 11 is 0. The van der Waals surface area contributed by atoms with Crippen LogP contribution in [0.2, 0.25) is 0 Å². The maximum atomic E-state index is 12.1. The summed E-state index contributed by atoms with van der Waals surface area (Å²) in [5.41, 5.74) is 17.0. The van der Waals surface area contributed by atoms with Crippen LogP contribution in [-0.4, -0.2) is 23.9 Å². The minimum atomic E-state index is -0.810. The van der Waals surface area contributed by atoms with Gasteiger partial charge in [0.15, 0.2) is 0 Å². The zero-order chi connectivity index (χ0) is 31.4. The predicted molar refractivity (Wildman–Crippen MR) is 185 cm³/mol. The largest absolute Gasteiger partial charge is 0.670 e. The van der Waals surface area contributed by atoms with Gasteiger partial charge in [-0.05, 0) is 67.4 Å². The molecule has 0 bridgehead atoms. The molecule has 235 valence electrons. The van der Waals surface area contributed by atoms with Gasteiger partial charge in [0.05, 0.1) is 0 Å². The zero-order valence-electron chi connectivity index (χ0n) is 25.7. The molecule has 0 spiro atoms. The van der Waals surface area contributed by atoms with Crippen LogP contribution in [0.1, 0.15) is 27.7 Å². The molecule has 0 heterocycles. The molecule has 0 aliphatic heterocycles. The van der Waals surface area contributed by atoms with E-state index in [1.807, 2.05) is 88.4 Å². The summed E-state index contributed by atoms with van der Waals surface area (Å²) in [5.74, 6) is -0.828. The smallest absolute Gasteiger partial charge is 0.0368 e. The summed E-state index contributed by atoms with van der Waals surface area (Å²) in [5, 5.41) is 17.0. The van der Waals surface area contributed by atoms with Crippen LogP contribution in [0, 0.1) is 11.8 Å². The molecule has 0 fully saturated rings. The fraction of sp³-hybridized carbons (Fsp3) is 0.211. The summed E-state index contributed by atoms with van der Waals surface area (Å²) in [6.07, 6.45) is 0. The first kappa shape index (κ1) is 33.6. The van der Waals surface area contributed by atoms with Crippen molar-refractivity contribution in [1.82, 2.24) is 0 Å².